The lowest BCUT2D eigenvalue weighted by Crippen LogP contribution is -2.43. The Bertz CT molecular complexity index is 883. The van der Waals surface area contributed by atoms with Gasteiger partial charge in [-0.1, -0.05) is 6.92 Å². The van der Waals surface area contributed by atoms with Gasteiger partial charge >= 0.3 is 0 Å². The zero-order valence-electron chi connectivity index (χ0n) is 17.4. The van der Waals surface area contributed by atoms with Gasteiger partial charge in [-0.3, -0.25) is 9.59 Å². The maximum absolute atomic E-state index is 13.1. The van der Waals surface area contributed by atoms with E-state index in [0.717, 1.165) is 6.42 Å². The van der Waals surface area contributed by atoms with Crippen LogP contribution in [0.4, 0.5) is 5.69 Å². The van der Waals surface area contributed by atoms with E-state index >= 15 is 0 Å². The van der Waals surface area contributed by atoms with Gasteiger partial charge in [-0.25, -0.2) is 8.42 Å². The van der Waals surface area contributed by atoms with Crippen molar-refractivity contribution in [3.8, 4) is 5.75 Å². The third-order valence-corrected chi connectivity index (χ3v) is 7.39. The fourth-order valence-electron chi connectivity index (χ4n) is 3.77. The Morgan fingerprint density at radius 3 is 2.63 bits per heavy atom. The molecule has 3 rings (SSSR count). The fourth-order valence-corrected chi connectivity index (χ4v) is 5.36. The summed E-state index contributed by atoms with van der Waals surface area (Å²) in [6.45, 7) is 4.07. The molecule has 1 atom stereocenters. The maximum Gasteiger partial charge on any atom is 0.246 e. The number of amides is 2. The van der Waals surface area contributed by atoms with Gasteiger partial charge in [0, 0.05) is 38.3 Å². The molecule has 2 aliphatic heterocycles. The van der Waals surface area contributed by atoms with Crippen LogP contribution >= 0.6 is 0 Å². The molecule has 2 aliphatic rings. The highest BCUT2D eigenvalue weighted by Crippen LogP contribution is 2.30. The molecule has 1 N–H and O–H groups in total. The highest BCUT2D eigenvalue weighted by molar-refractivity contribution is 7.89. The number of benzene rings is 1. The summed E-state index contributed by atoms with van der Waals surface area (Å²) in [6, 6.07) is 4.59. The van der Waals surface area contributed by atoms with Crippen molar-refractivity contribution >= 4 is 27.5 Å². The zero-order chi connectivity index (χ0) is 21.7. The molecular formula is C20H29N3O6S. The molecule has 2 heterocycles. The molecule has 2 amide bonds. The van der Waals surface area contributed by atoms with E-state index in [0.29, 0.717) is 44.8 Å². The molecule has 30 heavy (non-hydrogen) atoms. The monoisotopic (exact) mass is 439 g/mol. The van der Waals surface area contributed by atoms with Gasteiger partial charge in [0.1, 0.15) is 10.6 Å². The van der Waals surface area contributed by atoms with Gasteiger partial charge in [0.15, 0.2) is 0 Å². The number of nitrogens with zero attached hydrogens (tertiary/aromatic N) is 2. The summed E-state index contributed by atoms with van der Waals surface area (Å²) in [5.41, 5.74) is 0.381. The molecule has 10 heteroatoms. The maximum atomic E-state index is 13.1. The first-order valence-corrected chi connectivity index (χ1v) is 11.7. The van der Waals surface area contributed by atoms with Gasteiger partial charge in [-0.05, 0) is 31.0 Å². The minimum atomic E-state index is -3.79. The Labute approximate surface area is 177 Å². The van der Waals surface area contributed by atoms with Crippen LogP contribution in [0.3, 0.4) is 0 Å². The van der Waals surface area contributed by atoms with Gasteiger partial charge in [0.25, 0.3) is 0 Å². The van der Waals surface area contributed by atoms with Crippen molar-refractivity contribution in [1.29, 1.82) is 0 Å². The summed E-state index contributed by atoms with van der Waals surface area (Å²) in [4.78, 5) is 26.5. The Hall–Kier alpha value is -2.17. The predicted octanol–water partition coefficient (Wildman–Crippen LogP) is 1.30. The number of hydrogen-bond acceptors (Lipinski definition) is 6. The quantitative estimate of drug-likeness (QED) is 0.716. The standard InChI is InChI=1S/C20H29N3O6S/c1-3-19(24)22-8-4-5-15(14-22)20(25)21-16-6-7-17(28-2)18(13-16)30(26,27)23-9-11-29-12-10-23/h6-7,13,15H,3-5,8-12,14H2,1-2H3,(H,21,25). The second-order valence-electron chi connectivity index (χ2n) is 7.40. The van der Waals surface area contributed by atoms with Crippen molar-refractivity contribution in [2.75, 3.05) is 51.8 Å². The molecule has 0 saturated carbocycles. The lowest BCUT2D eigenvalue weighted by Gasteiger charge is -2.32. The van der Waals surface area contributed by atoms with E-state index in [1.54, 1.807) is 17.9 Å². The van der Waals surface area contributed by atoms with Gasteiger partial charge in [0.05, 0.1) is 26.2 Å². The van der Waals surface area contributed by atoms with Crippen molar-refractivity contribution < 1.29 is 27.5 Å². The number of methoxy groups -OCH3 is 1. The number of ether oxygens (including phenoxy) is 2. The first-order chi connectivity index (χ1) is 14.4. The second-order valence-corrected chi connectivity index (χ2v) is 9.31. The van der Waals surface area contributed by atoms with Gasteiger partial charge in [-0.2, -0.15) is 4.31 Å². The first-order valence-electron chi connectivity index (χ1n) is 10.2. The summed E-state index contributed by atoms with van der Waals surface area (Å²) in [5.74, 6) is -0.285. The van der Waals surface area contributed by atoms with E-state index < -0.39 is 10.0 Å². The van der Waals surface area contributed by atoms with E-state index in [1.165, 1.54) is 23.5 Å². The highest BCUT2D eigenvalue weighted by Gasteiger charge is 2.31. The van der Waals surface area contributed by atoms with Crippen LogP contribution in [-0.4, -0.2) is 75.9 Å². The summed E-state index contributed by atoms with van der Waals surface area (Å²) in [5, 5.41) is 2.82. The van der Waals surface area contributed by atoms with Crippen LogP contribution in [0.1, 0.15) is 26.2 Å². The van der Waals surface area contributed by atoms with Gasteiger partial charge in [0.2, 0.25) is 21.8 Å². The minimum absolute atomic E-state index is 0.0103. The third kappa shape index (κ3) is 4.93. The molecule has 2 fully saturated rings. The van der Waals surface area contributed by atoms with E-state index in [9.17, 15) is 18.0 Å². The number of likely N-dealkylation sites (tertiary alicyclic amines) is 1. The number of anilines is 1. The number of sulfonamides is 1. The topological polar surface area (TPSA) is 105 Å². The van der Waals surface area contributed by atoms with Crippen LogP contribution in [-0.2, 0) is 24.3 Å². The average Bonchev–Trinajstić information content (AvgIpc) is 2.79. The number of carbonyl (C=O) groups is 2. The highest BCUT2D eigenvalue weighted by atomic mass is 32.2. The van der Waals surface area contributed by atoms with Crippen molar-refractivity contribution in [2.24, 2.45) is 5.92 Å². The number of rotatable bonds is 6. The fraction of sp³-hybridized carbons (Fsp3) is 0.600. The number of hydrogen-bond donors (Lipinski definition) is 1. The molecule has 0 aliphatic carbocycles. The lowest BCUT2D eigenvalue weighted by atomic mass is 9.96. The van der Waals surface area contributed by atoms with Gasteiger partial charge < -0.3 is 19.7 Å². The van der Waals surface area contributed by atoms with Gasteiger partial charge in [-0.15, -0.1) is 0 Å². The van der Waals surface area contributed by atoms with Crippen LogP contribution in [0.15, 0.2) is 23.1 Å². The summed E-state index contributed by atoms with van der Waals surface area (Å²) >= 11 is 0. The molecule has 1 aromatic rings. The summed E-state index contributed by atoms with van der Waals surface area (Å²) < 4.78 is 38.0. The number of morpholine rings is 1. The Morgan fingerprint density at radius 1 is 1.23 bits per heavy atom. The normalized spacial score (nSPS) is 20.6. The lowest BCUT2D eigenvalue weighted by molar-refractivity contribution is -0.134. The molecule has 0 bridgehead atoms. The molecule has 0 aromatic heterocycles. The molecule has 0 spiro atoms. The van der Waals surface area contributed by atoms with Crippen molar-refractivity contribution in [3.05, 3.63) is 18.2 Å². The summed E-state index contributed by atoms with van der Waals surface area (Å²) in [7, 11) is -2.38. The average molecular weight is 440 g/mol. The number of piperidine rings is 1. The van der Waals surface area contributed by atoms with E-state index in [2.05, 4.69) is 5.32 Å². The van der Waals surface area contributed by atoms with Crippen LogP contribution in [0.5, 0.6) is 5.75 Å². The largest absolute Gasteiger partial charge is 0.495 e. The molecule has 166 valence electrons. The van der Waals surface area contributed by atoms with Crippen LogP contribution in [0.25, 0.3) is 0 Å². The first kappa shape index (κ1) is 22.5. The predicted molar refractivity (Wildman–Crippen MR) is 111 cm³/mol. The molecule has 1 aromatic carbocycles. The molecule has 0 radical (unpaired) electrons. The Morgan fingerprint density at radius 2 is 1.97 bits per heavy atom. The number of carbonyl (C=O) groups excluding carboxylic acids is 2. The van der Waals surface area contributed by atoms with E-state index in [-0.39, 0.29) is 41.5 Å². The molecular weight excluding hydrogens is 410 g/mol. The smallest absolute Gasteiger partial charge is 0.246 e. The Balaban J connectivity index is 1.77. The third-order valence-electron chi connectivity index (χ3n) is 5.47. The summed E-state index contributed by atoms with van der Waals surface area (Å²) in [6.07, 6.45) is 1.87. The second kappa shape index (κ2) is 9.76. The van der Waals surface area contributed by atoms with Crippen molar-refractivity contribution in [2.45, 2.75) is 31.1 Å². The minimum Gasteiger partial charge on any atom is -0.495 e. The van der Waals surface area contributed by atoms with E-state index in [1.807, 2.05) is 0 Å². The van der Waals surface area contributed by atoms with Crippen LogP contribution in [0, 0.1) is 5.92 Å². The van der Waals surface area contributed by atoms with E-state index in [4.69, 9.17) is 9.47 Å². The Kier molecular flexibility index (Phi) is 7.32. The van der Waals surface area contributed by atoms with Crippen LogP contribution < -0.4 is 10.1 Å². The molecule has 2 saturated heterocycles. The van der Waals surface area contributed by atoms with Crippen LogP contribution in [0.2, 0.25) is 0 Å². The zero-order valence-corrected chi connectivity index (χ0v) is 18.2. The molecule has 9 nitrogen and oxygen atoms in total. The van der Waals surface area contributed by atoms with Crippen molar-refractivity contribution in [1.82, 2.24) is 9.21 Å². The number of nitrogens with one attached hydrogen (secondary N) is 1. The SMILES string of the molecule is CCC(=O)N1CCCC(C(=O)Nc2ccc(OC)c(S(=O)(=O)N3CCOCC3)c2)C1. The molecule has 1 unspecified atom stereocenters. The van der Waals surface area contributed by atoms with Crippen molar-refractivity contribution in [3.63, 3.8) is 0 Å².